The van der Waals surface area contributed by atoms with Gasteiger partial charge in [-0.3, -0.25) is 10.1 Å². The van der Waals surface area contributed by atoms with Crippen molar-refractivity contribution in [3.8, 4) is 0 Å². The molecule has 0 saturated carbocycles. The number of rotatable bonds is 7. The van der Waals surface area contributed by atoms with Crippen LogP contribution in [0.15, 0.2) is 22.6 Å². The number of nitro groups is 1. The van der Waals surface area contributed by atoms with E-state index in [9.17, 15) is 18.5 Å². The van der Waals surface area contributed by atoms with Crippen LogP contribution in [0.2, 0.25) is 0 Å². The van der Waals surface area contributed by atoms with Gasteiger partial charge in [-0.05, 0) is 12.5 Å². The number of non-ortho nitro benzene ring substituents is 1. The van der Waals surface area contributed by atoms with Crippen LogP contribution in [-0.4, -0.2) is 37.7 Å². The van der Waals surface area contributed by atoms with Gasteiger partial charge in [-0.15, -0.1) is 0 Å². The predicted octanol–water partition coefficient (Wildman–Crippen LogP) is 1.09. The molecule has 0 amide bonds. The molecule has 0 aliphatic carbocycles. The number of fused-ring (bicyclic) bond motifs is 1. The summed E-state index contributed by atoms with van der Waals surface area (Å²) in [5, 5.41) is 13.5. The number of benzene rings is 1. The van der Waals surface area contributed by atoms with E-state index in [-0.39, 0.29) is 11.7 Å². The molecular formula is C11H14N4O5S. The van der Waals surface area contributed by atoms with Crippen molar-refractivity contribution in [2.45, 2.75) is 6.42 Å². The number of nitrogens with one attached hydrogen (secondary N) is 2. The molecule has 1 aromatic heterocycles. The zero-order valence-electron chi connectivity index (χ0n) is 11.2. The van der Waals surface area contributed by atoms with Gasteiger partial charge in [0.05, 0.1) is 17.2 Å². The summed E-state index contributed by atoms with van der Waals surface area (Å²) in [6.45, 7) is 0.759. The average Bonchev–Trinajstić information content (AvgIpc) is 2.78. The van der Waals surface area contributed by atoms with Gasteiger partial charge in [-0.25, -0.2) is 13.1 Å². The Bertz CT molecular complexity index is 755. The third kappa shape index (κ3) is 4.39. The van der Waals surface area contributed by atoms with Crippen molar-refractivity contribution < 1.29 is 17.8 Å². The highest BCUT2D eigenvalue weighted by Crippen LogP contribution is 2.23. The minimum absolute atomic E-state index is 0.0671. The maximum atomic E-state index is 10.9. The van der Waals surface area contributed by atoms with E-state index in [1.165, 1.54) is 18.2 Å². The normalized spacial score (nSPS) is 11.7. The topological polar surface area (TPSA) is 127 Å². The van der Waals surface area contributed by atoms with Gasteiger partial charge in [0.15, 0.2) is 5.58 Å². The summed E-state index contributed by atoms with van der Waals surface area (Å²) in [6, 6.07) is 4.40. The van der Waals surface area contributed by atoms with Crippen LogP contribution in [0.25, 0.3) is 11.1 Å². The molecule has 0 unspecified atom stereocenters. The Balaban J connectivity index is 1.92. The summed E-state index contributed by atoms with van der Waals surface area (Å²) in [5.74, 6) is 0. The van der Waals surface area contributed by atoms with E-state index in [2.05, 4.69) is 15.0 Å². The standard InChI is InChI=1S/C11H14N4O5S/c1-21(18,19)13-6-2-5-12-11-14-9-4-3-8(15(16)17)7-10(9)20-11/h3-4,7,13H,2,5-6H2,1H3,(H,12,14). The van der Waals surface area contributed by atoms with Crippen LogP contribution in [0.3, 0.4) is 0 Å². The average molecular weight is 314 g/mol. The van der Waals surface area contributed by atoms with Crippen molar-refractivity contribution >= 4 is 32.8 Å². The number of sulfonamides is 1. The molecule has 0 saturated heterocycles. The molecule has 0 aliphatic rings. The molecule has 1 aromatic carbocycles. The summed E-state index contributed by atoms with van der Waals surface area (Å²) in [7, 11) is -3.18. The van der Waals surface area contributed by atoms with E-state index in [1.54, 1.807) is 0 Å². The third-order valence-electron chi connectivity index (χ3n) is 2.58. The molecule has 2 N–H and O–H groups in total. The lowest BCUT2D eigenvalue weighted by Crippen LogP contribution is -2.24. The third-order valence-corrected chi connectivity index (χ3v) is 3.31. The summed E-state index contributed by atoms with van der Waals surface area (Å²) in [6.07, 6.45) is 1.64. The second-order valence-corrected chi connectivity index (χ2v) is 6.21. The van der Waals surface area contributed by atoms with Crippen molar-refractivity contribution in [3.63, 3.8) is 0 Å². The first-order chi connectivity index (χ1) is 9.85. The van der Waals surface area contributed by atoms with Crippen LogP contribution < -0.4 is 10.0 Å². The van der Waals surface area contributed by atoms with E-state index >= 15 is 0 Å². The summed E-state index contributed by atoms with van der Waals surface area (Å²) >= 11 is 0. The molecule has 0 fully saturated rings. The van der Waals surface area contributed by atoms with Crippen LogP contribution in [0.1, 0.15) is 6.42 Å². The van der Waals surface area contributed by atoms with Crippen molar-refractivity contribution in [1.29, 1.82) is 0 Å². The van der Waals surface area contributed by atoms with Crippen LogP contribution >= 0.6 is 0 Å². The Labute approximate surface area is 120 Å². The minimum atomic E-state index is -3.18. The molecule has 0 spiro atoms. The van der Waals surface area contributed by atoms with E-state index in [0.717, 1.165) is 6.26 Å². The van der Waals surface area contributed by atoms with Crippen LogP contribution in [0.4, 0.5) is 11.7 Å². The Kier molecular flexibility index (Phi) is 4.38. The van der Waals surface area contributed by atoms with E-state index in [1.807, 2.05) is 0 Å². The first-order valence-corrected chi connectivity index (χ1v) is 7.98. The fraction of sp³-hybridized carbons (Fsp3) is 0.364. The van der Waals surface area contributed by atoms with Gasteiger partial charge in [0.2, 0.25) is 10.0 Å². The molecule has 10 heteroatoms. The minimum Gasteiger partial charge on any atom is -0.423 e. The monoisotopic (exact) mass is 314 g/mol. The zero-order chi connectivity index (χ0) is 15.5. The fourth-order valence-electron chi connectivity index (χ4n) is 1.64. The molecule has 0 bridgehead atoms. The highest BCUT2D eigenvalue weighted by molar-refractivity contribution is 7.88. The Morgan fingerprint density at radius 2 is 2.14 bits per heavy atom. The predicted molar refractivity (Wildman–Crippen MR) is 76.6 cm³/mol. The van der Waals surface area contributed by atoms with Gasteiger partial charge in [-0.2, -0.15) is 4.98 Å². The van der Waals surface area contributed by atoms with E-state index in [0.29, 0.717) is 30.6 Å². The molecule has 1 heterocycles. The van der Waals surface area contributed by atoms with Gasteiger partial charge >= 0.3 is 0 Å². The molecule has 0 aliphatic heterocycles. The molecular weight excluding hydrogens is 300 g/mol. The maximum Gasteiger partial charge on any atom is 0.295 e. The number of hydrogen-bond acceptors (Lipinski definition) is 7. The maximum absolute atomic E-state index is 10.9. The van der Waals surface area contributed by atoms with E-state index in [4.69, 9.17) is 4.42 Å². The Morgan fingerprint density at radius 1 is 1.38 bits per heavy atom. The molecule has 0 atom stereocenters. The lowest BCUT2D eigenvalue weighted by molar-refractivity contribution is -0.384. The molecule has 2 rings (SSSR count). The van der Waals surface area contributed by atoms with Crippen LogP contribution in [-0.2, 0) is 10.0 Å². The van der Waals surface area contributed by atoms with Crippen molar-refractivity contribution in [3.05, 3.63) is 28.3 Å². The number of oxazole rings is 1. The second kappa shape index (κ2) is 6.06. The molecule has 114 valence electrons. The van der Waals surface area contributed by atoms with Gasteiger partial charge in [0, 0.05) is 19.2 Å². The SMILES string of the molecule is CS(=O)(=O)NCCCNc1nc2ccc([N+](=O)[O-])cc2o1. The molecule has 2 aromatic rings. The van der Waals surface area contributed by atoms with E-state index < -0.39 is 14.9 Å². The van der Waals surface area contributed by atoms with Gasteiger partial charge in [-0.1, -0.05) is 0 Å². The highest BCUT2D eigenvalue weighted by atomic mass is 32.2. The van der Waals surface area contributed by atoms with Gasteiger partial charge in [0.1, 0.15) is 5.52 Å². The summed E-state index contributed by atoms with van der Waals surface area (Å²) in [4.78, 5) is 14.3. The van der Waals surface area contributed by atoms with Gasteiger partial charge < -0.3 is 9.73 Å². The summed E-state index contributed by atoms with van der Waals surface area (Å²) < 4.78 is 29.4. The smallest absolute Gasteiger partial charge is 0.295 e. The lowest BCUT2D eigenvalue weighted by Gasteiger charge is -2.02. The van der Waals surface area contributed by atoms with Crippen molar-refractivity contribution in [2.75, 3.05) is 24.7 Å². The number of nitrogens with zero attached hydrogens (tertiary/aromatic N) is 2. The number of nitro benzene ring substituents is 1. The lowest BCUT2D eigenvalue weighted by atomic mass is 10.3. The number of hydrogen-bond donors (Lipinski definition) is 2. The number of aromatic nitrogens is 1. The largest absolute Gasteiger partial charge is 0.423 e. The highest BCUT2D eigenvalue weighted by Gasteiger charge is 2.11. The summed E-state index contributed by atoms with van der Waals surface area (Å²) in [5.41, 5.74) is 0.765. The second-order valence-electron chi connectivity index (χ2n) is 4.37. The molecule has 21 heavy (non-hydrogen) atoms. The Morgan fingerprint density at radius 3 is 2.81 bits per heavy atom. The van der Waals surface area contributed by atoms with Crippen molar-refractivity contribution in [2.24, 2.45) is 0 Å². The van der Waals surface area contributed by atoms with Gasteiger partial charge in [0.25, 0.3) is 11.7 Å². The Hall–Kier alpha value is -2.20. The molecule has 9 nitrogen and oxygen atoms in total. The molecule has 0 radical (unpaired) electrons. The van der Waals surface area contributed by atoms with Crippen LogP contribution in [0.5, 0.6) is 0 Å². The van der Waals surface area contributed by atoms with Crippen LogP contribution in [0, 0.1) is 10.1 Å². The first kappa shape index (κ1) is 15.2. The number of anilines is 1. The zero-order valence-corrected chi connectivity index (χ0v) is 12.0. The first-order valence-electron chi connectivity index (χ1n) is 6.09. The quantitative estimate of drug-likeness (QED) is 0.444. The van der Waals surface area contributed by atoms with Crippen molar-refractivity contribution in [1.82, 2.24) is 9.71 Å². The fourth-order valence-corrected chi connectivity index (χ4v) is 2.16.